The molecule has 140 valence electrons. The van der Waals surface area contributed by atoms with Gasteiger partial charge in [0.1, 0.15) is 0 Å². The van der Waals surface area contributed by atoms with E-state index in [1.54, 1.807) is 18.2 Å². The van der Waals surface area contributed by atoms with Crippen LogP contribution in [-0.2, 0) is 21.9 Å². The van der Waals surface area contributed by atoms with Gasteiger partial charge in [0.05, 0.1) is 18.2 Å². The number of benzene rings is 2. The van der Waals surface area contributed by atoms with Gasteiger partial charge in [-0.3, -0.25) is 0 Å². The van der Waals surface area contributed by atoms with Gasteiger partial charge < -0.3 is 10.1 Å². The van der Waals surface area contributed by atoms with Crippen molar-refractivity contribution in [2.45, 2.75) is 18.4 Å². The summed E-state index contributed by atoms with van der Waals surface area (Å²) >= 11 is 0. The van der Waals surface area contributed by atoms with Crippen molar-refractivity contribution < 1.29 is 35.9 Å². The summed E-state index contributed by atoms with van der Waals surface area (Å²) in [5, 5.41) is 2.40. The third-order valence-electron chi connectivity index (χ3n) is 3.47. The van der Waals surface area contributed by atoms with E-state index in [1.807, 2.05) is 0 Å². The van der Waals surface area contributed by atoms with Crippen LogP contribution >= 0.6 is 0 Å². The highest BCUT2D eigenvalue weighted by molar-refractivity contribution is 5.81. The Hall–Kier alpha value is -2.71. The number of rotatable bonds is 4. The molecule has 9 heteroatoms. The van der Waals surface area contributed by atoms with Crippen LogP contribution in [0.1, 0.15) is 22.7 Å². The average molecular weight is 377 g/mol. The molecular formula is C17H13F6NO2. The summed E-state index contributed by atoms with van der Waals surface area (Å²) < 4.78 is 82.2. The molecule has 0 radical (unpaired) electrons. The number of carbonyl (C=O) groups is 1. The maximum absolute atomic E-state index is 12.9. The minimum Gasteiger partial charge on any atom is -0.467 e. The Morgan fingerprint density at radius 2 is 1.42 bits per heavy atom. The van der Waals surface area contributed by atoms with E-state index in [1.165, 1.54) is 12.1 Å². The SMILES string of the molecule is COC(=O)[C@@H](Nc1cc(C(F)(F)F)cc(C(F)(F)F)c1)c1ccccc1. The Kier molecular flexibility index (Phi) is 5.48. The lowest BCUT2D eigenvalue weighted by Crippen LogP contribution is -2.23. The largest absolute Gasteiger partial charge is 0.467 e. The van der Waals surface area contributed by atoms with E-state index < -0.39 is 41.2 Å². The van der Waals surface area contributed by atoms with Crippen molar-refractivity contribution >= 4 is 11.7 Å². The van der Waals surface area contributed by atoms with Crippen molar-refractivity contribution in [3.8, 4) is 0 Å². The zero-order valence-electron chi connectivity index (χ0n) is 13.3. The third kappa shape index (κ3) is 4.68. The van der Waals surface area contributed by atoms with Crippen LogP contribution in [0.25, 0.3) is 0 Å². The Labute approximate surface area is 144 Å². The zero-order chi connectivity index (χ0) is 19.5. The molecule has 2 rings (SSSR count). The minimum atomic E-state index is -4.98. The van der Waals surface area contributed by atoms with Gasteiger partial charge in [0.15, 0.2) is 6.04 Å². The Morgan fingerprint density at radius 3 is 1.85 bits per heavy atom. The molecule has 0 heterocycles. The lowest BCUT2D eigenvalue weighted by molar-refractivity contribution is -0.143. The van der Waals surface area contributed by atoms with Gasteiger partial charge in [0.25, 0.3) is 0 Å². The molecule has 2 aromatic rings. The Morgan fingerprint density at radius 1 is 0.923 bits per heavy atom. The van der Waals surface area contributed by atoms with Crippen LogP contribution < -0.4 is 5.32 Å². The van der Waals surface area contributed by atoms with E-state index in [9.17, 15) is 31.1 Å². The topological polar surface area (TPSA) is 38.3 Å². The molecule has 0 saturated carbocycles. The summed E-state index contributed by atoms with van der Waals surface area (Å²) in [5.41, 5.74) is -3.14. The second-order valence-corrected chi connectivity index (χ2v) is 5.31. The van der Waals surface area contributed by atoms with E-state index in [2.05, 4.69) is 10.1 Å². The van der Waals surface area contributed by atoms with Crippen LogP contribution in [-0.4, -0.2) is 13.1 Å². The lowest BCUT2D eigenvalue weighted by atomic mass is 10.0. The summed E-state index contributed by atoms with van der Waals surface area (Å²) in [6, 6.07) is 7.53. The fraction of sp³-hybridized carbons (Fsp3) is 0.235. The van der Waals surface area contributed by atoms with Gasteiger partial charge in [-0.1, -0.05) is 30.3 Å². The van der Waals surface area contributed by atoms with E-state index >= 15 is 0 Å². The highest BCUT2D eigenvalue weighted by Crippen LogP contribution is 2.38. The molecule has 0 amide bonds. The first-order chi connectivity index (χ1) is 12.0. The number of carbonyl (C=O) groups excluding carboxylic acids is 1. The first-order valence-corrected chi connectivity index (χ1v) is 7.21. The second-order valence-electron chi connectivity index (χ2n) is 5.31. The van der Waals surface area contributed by atoms with Gasteiger partial charge in [0, 0.05) is 5.69 Å². The van der Waals surface area contributed by atoms with Crippen LogP contribution in [0.4, 0.5) is 32.0 Å². The molecule has 0 aliphatic rings. The van der Waals surface area contributed by atoms with Gasteiger partial charge in [0.2, 0.25) is 0 Å². The molecule has 0 spiro atoms. The number of nitrogens with one attached hydrogen (secondary N) is 1. The summed E-state index contributed by atoms with van der Waals surface area (Å²) in [7, 11) is 1.06. The number of halogens is 6. The normalized spacial score (nSPS) is 13.2. The highest BCUT2D eigenvalue weighted by atomic mass is 19.4. The van der Waals surface area contributed by atoms with Crippen molar-refractivity contribution in [1.29, 1.82) is 0 Å². The minimum absolute atomic E-state index is 0.0147. The molecule has 3 nitrogen and oxygen atoms in total. The van der Waals surface area contributed by atoms with Crippen molar-refractivity contribution in [2.24, 2.45) is 0 Å². The predicted octanol–water partition coefficient (Wildman–Crippen LogP) is 5.05. The van der Waals surface area contributed by atoms with Gasteiger partial charge in [-0.25, -0.2) is 4.79 Å². The fourth-order valence-corrected chi connectivity index (χ4v) is 2.25. The highest BCUT2D eigenvalue weighted by Gasteiger charge is 2.37. The first-order valence-electron chi connectivity index (χ1n) is 7.21. The molecule has 1 N–H and O–H groups in total. The monoisotopic (exact) mass is 377 g/mol. The Balaban J connectivity index is 2.50. The molecule has 1 atom stereocenters. The average Bonchev–Trinajstić information content (AvgIpc) is 2.58. The molecule has 0 aliphatic carbocycles. The number of hydrogen-bond donors (Lipinski definition) is 1. The van der Waals surface area contributed by atoms with Crippen molar-refractivity contribution in [2.75, 3.05) is 12.4 Å². The van der Waals surface area contributed by atoms with Gasteiger partial charge in [-0.15, -0.1) is 0 Å². The van der Waals surface area contributed by atoms with E-state index in [4.69, 9.17) is 0 Å². The number of anilines is 1. The van der Waals surface area contributed by atoms with Crippen LogP contribution in [0.2, 0.25) is 0 Å². The molecule has 2 aromatic carbocycles. The Bertz CT molecular complexity index is 739. The zero-order valence-corrected chi connectivity index (χ0v) is 13.3. The molecule has 0 unspecified atom stereocenters. The van der Waals surface area contributed by atoms with Crippen molar-refractivity contribution in [3.05, 3.63) is 65.2 Å². The second kappa shape index (κ2) is 7.27. The maximum Gasteiger partial charge on any atom is 0.416 e. The third-order valence-corrected chi connectivity index (χ3v) is 3.47. The number of esters is 1. The quantitative estimate of drug-likeness (QED) is 0.599. The van der Waals surface area contributed by atoms with Crippen molar-refractivity contribution in [1.82, 2.24) is 0 Å². The van der Waals surface area contributed by atoms with E-state index in [-0.39, 0.29) is 6.07 Å². The fourth-order valence-electron chi connectivity index (χ4n) is 2.25. The van der Waals surface area contributed by atoms with Crippen LogP contribution in [0.15, 0.2) is 48.5 Å². The molecule has 0 aromatic heterocycles. The van der Waals surface area contributed by atoms with Gasteiger partial charge in [-0.05, 0) is 23.8 Å². The lowest BCUT2D eigenvalue weighted by Gasteiger charge is -2.20. The van der Waals surface area contributed by atoms with Crippen LogP contribution in [0.3, 0.4) is 0 Å². The molecule has 0 aliphatic heterocycles. The van der Waals surface area contributed by atoms with E-state index in [0.29, 0.717) is 17.7 Å². The predicted molar refractivity (Wildman–Crippen MR) is 81.3 cm³/mol. The molecule has 26 heavy (non-hydrogen) atoms. The number of methoxy groups -OCH3 is 1. The molecule has 0 saturated heterocycles. The maximum atomic E-state index is 12.9. The molecule has 0 fully saturated rings. The van der Waals surface area contributed by atoms with Crippen LogP contribution in [0, 0.1) is 0 Å². The number of ether oxygens (including phenoxy) is 1. The molecule has 0 bridgehead atoms. The van der Waals surface area contributed by atoms with Gasteiger partial charge >= 0.3 is 18.3 Å². The van der Waals surface area contributed by atoms with Gasteiger partial charge in [-0.2, -0.15) is 26.3 Å². The number of alkyl halides is 6. The number of hydrogen-bond acceptors (Lipinski definition) is 3. The van der Waals surface area contributed by atoms with Crippen LogP contribution in [0.5, 0.6) is 0 Å². The summed E-state index contributed by atoms with van der Waals surface area (Å²) in [5.74, 6) is -0.859. The van der Waals surface area contributed by atoms with E-state index in [0.717, 1.165) is 7.11 Å². The summed E-state index contributed by atoms with van der Waals surface area (Å²) in [6.07, 6.45) is -9.96. The first kappa shape index (κ1) is 19.6. The smallest absolute Gasteiger partial charge is 0.416 e. The van der Waals surface area contributed by atoms with Crippen molar-refractivity contribution in [3.63, 3.8) is 0 Å². The standard InChI is InChI=1S/C17H13F6NO2/c1-26-15(25)14(10-5-3-2-4-6-10)24-13-8-11(16(18,19)20)7-12(9-13)17(21,22)23/h2-9,14,24H,1H3/t14-/m0/s1. The summed E-state index contributed by atoms with van der Waals surface area (Å²) in [6.45, 7) is 0. The molecular weight excluding hydrogens is 364 g/mol. The summed E-state index contributed by atoms with van der Waals surface area (Å²) in [4.78, 5) is 12.0.